The summed E-state index contributed by atoms with van der Waals surface area (Å²) in [6.07, 6.45) is 4.53. The quantitative estimate of drug-likeness (QED) is 0.445. The highest BCUT2D eigenvalue weighted by atomic mass is 32.2. The molecule has 30 heavy (non-hydrogen) atoms. The average molecular weight is 427 g/mol. The van der Waals surface area contributed by atoms with Crippen molar-refractivity contribution in [3.8, 4) is 0 Å². The Morgan fingerprint density at radius 1 is 1.13 bits per heavy atom. The number of rotatable bonds is 8. The summed E-state index contributed by atoms with van der Waals surface area (Å²) in [5, 5.41) is 9.03. The Kier molecular flexibility index (Phi) is 7.63. The predicted molar refractivity (Wildman–Crippen MR) is 124 cm³/mol. The summed E-state index contributed by atoms with van der Waals surface area (Å²) in [7, 11) is 3.99. The monoisotopic (exact) mass is 426 g/mol. The molecule has 0 spiro atoms. The van der Waals surface area contributed by atoms with Gasteiger partial charge in [-0.15, -0.1) is 5.10 Å². The lowest BCUT2D eigenvalue weighted by atomic mass is 10.1. The van der Waals surface area contributed by atoms with E-state index in [9.17, 15) is 9.18 Å². The zero-order chi connectivity index (χ0) is 21.5. The lowest BCUT2D eigenvalue weighted by molar-refractivity contribution is -0.126. The molecule has 2 aromatic rings. The first-order valence-electron chi connectivity index (χ1n) is 10.1. The van der Waals surface area contributed by atoms with Crippen molar-refractivity contribution >= 4 is 34.7 Å². The first kappa shape index (κ1) is 22.0. The van der Waals surface area contributed by atoms with Crippen LogP contribution in [0.3, 0.4) is 0 Å². The van der Waals surface area contributed by atoms with Crippen LogP contribution in [-0.2, 0) is 11.3 Å². The van der Waals surface area contributed by atoms with Crippen LogP contribution < -0.4 is 4.90 Å². The highest BCUT2D eigenvalue weighted by Crippen LogP contribution is 2.32. The van der Waals surface area contributed by atoms with Gasteiger partial charge in [0.15, 0.2) is 5.17 Å². The number of anilines is 1. The second-order valence-electron chi connectivity index (χ2n) is 7.41. The molecule has 1 unspecified atom stereocenters. The number of halogens is 1. The van der Waals surface area contributed by atoms with Gasteiger partial charge in [-0.1, -0.05) is 55.8 Å². The van der Waals surface area contributed by atoms with E-state index in [0.717, 1.165) is 36.1 Å². The summed E-state index contributed by atoms with van der Waals surface area (Å²) < 4.78 is 13.2. The van der Waals surface area contributed by atoms with E-state index in [1.54, 1.807) is 23.2 Å². The summed E-state index contributed by atoms with van der Waals surface area (Å²) in [4.78, 5) is 16.6. The fourth-order valence-electron chi connectivity index (χ4n) is 3.08. The maximum atomic E-state index is 13.2. The van der Waals surface area contributed by atoms with Crippen LogP contribution in [0, 0.1) is 5.82 Å². The van der Waals surface area contributed by atoms with E-state index in [0.29, 0.717) is 11.7 Å². The molecule has 1 heterocycles. The Morgan fingerprint density at radius 2 is 1.83 bits per heavy atom. The van der Waals surface area contributed by atoms with Crippen LogP contribution in [0.2, 0.25) is 0 Å². The first-order valence-corrected chi connectivity index (χ1v) is 11.0. The molecule has 1 saturated heterocycles. The topological polar surface area (TPSA) is 48.3 Å². The molecule has 0 N–H and O–H groups in total. The molecule has 1 atom stereocenters. The van der Waals surface area contributed by atoms with Gasteiger partial charge in [0.25, 0.3) is 0 Å². The van der Waals surface area contributed by atoms with Crippen molar-refractivity contribution in [1.82, 2.24) is 4.90 Å². The van der Waals surface area contributed by atoms with Crippen molar-refractivity contribution < 1.29 is 9.18 Å². The summed E-state index contributed by atoms with van der Waals surface area (Å²) >= 11 is 1.46. The van der Waals surface area contributed by atoms with Crippen molar-refractivity contribution in [3.05, 3.63) is 65.5 Å². The minimum Gasteiger partial charge on any atom is -0.378 e. The van der Waals surface area contributed by atoms with Crippen molar-refractivity contribution in [2.45, 2.75) is 38.0 Å². The maximum absolute atomic E-state index is 13.2. The van der Waals surface area contributed by atoms with Crippen molar-refractivity contribution in [2.24, 2.45) is 10.2 Å². The molecule has 0 bridgehead atoms. The number of nitrogens with zero attached hydrogens (tertiary/aromatic N) is 4. The van der Waals surface area contributed by atoms with Crippen LogP contribution in [-0.4, -0.2) is 41.5 Å². The molecule has 1 aliphatic heterocycles. The van der Waals surface area contributed by atoms with E-state index in [1.165, 1.54) is 23.9 Å². The smallest absolute Gasteiger partial charge is 0.242 e. The van der Waals surface area contributed by atoms with Crippen LogP contribution in [0.1, 0.15) is 37.3 Å². The lowest BCUT2D eigenvalue weighted by Crippen LogP contribution is -2.31. The number of carbonyl (C=O) groups excluding carboxylic acids is 1. The molecule has 1 fully saturated rings. The Hall–Kier alpha value is -2.67. The zero-order valence-corrected chi connectivity index (χ0v) is 18.4. The predicted octanol–water partition coefficient (Wildman–Crippen LogP) is 4.92. The van der Waals surface area contributed by atoms with E-state index < -0.39 is 0 Å². The van der Waals surface area contributed by atoms with Crippen LogP contribution in [0.15, 0.2) is 58.7 Å². The maximum Gasteiger partial charge on any atom is 0.242 e. The Balaban J connectivity index is 1.77. The lowest BCUT2D eigenvalue weighted by Gasteiger charge is -2.16. The van der Waals surface area contributed by atoms with Gasteiger partial charge in [0.05, 0.1) is 18.0 Å². The van der Waals surface area contributed by atoms with Crippen molar-refractivity contribution in [2.75, 3.05) is 19.0 Å². The van der Waals surface area contributed by atoms with Gasteiger partial charge >= 0.3 is 0 Å². The largest absolute Gasteiger partial charge is 0.378 e. The van der Waals surface area contributed by atoms with Gasteiger partial charge in [0.1, 0.15) is 5.82 Å². The van der Waals surface area contributed by atoms with Crippen LogP contribution in [0.4, 0.5) is 10.1 Å². The molecule has 3 rings (SSSR count). The molecule has 0 saturated carbocycles. The van der Waals surface area contributed by atoms with E-state index in [-0.39, 0.29) is 17.0 Å². The molecule has 5 nitrogen and oxygen atoms in total. The summed E-state index contributed by atoms with van der Waals surface area (Å²) in [5.74, 6) is -0.248. The second kappa shape index (κ2) is 10.4. The van der Waals surface area contributed by atoms with Crippen molar-refractivity contribution in [3.63, 3.8) is 0 Å². The summed E-state index contributed by atoms with van der Waals surface area (Å²) in [5.41, 5.74) is 2.91. The van der Waals surface area contributed by atoms with E-state index in [1.807, 2.05) is 43.3 Å². The molecular weight excluding hydrogens is 399 g/mol. The number of amides is 1. The molecule has 1 aliphatic rings. The van der Waals surface area contributed by atoms with Gasteiger partial charge < -0.3 is 4.90 Å². The third-order valence-corrected chi connectivity index (χ3v) is 6.09. The molecule has 1 amide bonds. The van der Waals surface area contributed by atoms with Crippen LogP contribution >= 0.6 is 11.8 Å². The zero-order valence-electron chi connectivity index (χ0n) is 17.6. The molecule has 7 heteroatoms. The SMILES string of the molecule is CCCCC1SC(=NN=Cc2ccc(N(C)C)cc2)N(Cc2ccc(F)cc2)C1=O. The molecular formula is C23H27FN4OS. The highest BCUT2D eigenvalue weighted by Gasteiger charge is 2.37. The molecule has 0 aromatic heterocycles. The molecule has 0 aliphatic carbocycles. The van der Waals surface area contributed by atoms with E-state index in [4.69, 9.17) is 0 Å². The number of unbranched alkanes of at least 4 members (excludes halogenated alkanes) is 1. The van der Waals surface area contributed by atoms with Gasteiger partial charge in [0.2, 0.25) is 5.91 Å². The Bertz CT molecular complexity index is 910. The molecule has 158 valence electrons. The summed E-state index contributed by atoms with van der Waals surface area (Å²) in [6.45, 7) is 2.47. The first-order chi connectivity index (χ1) is 14.5. The Morgan fingerprint density at radius 3 is 2.47 bits per heavy atom. The number of hydrogen-bond acceptors (Lipinski definition) is 5. The number of amidine groups is 1. The minimum atomic E-state index is -0.291. The third-order valence-electron chi connectivity index (χ3n) is 4.85. The van der Waals surface area contributed by atoms with Crippen molar-refractivity contribution in [1.29, 1.82) is 0 Å². The summed E-state index contributed by atoms with van der Waals surface area (Å²) in [6, 6.07) is 14.2. The van der Waals surface area contributed by atoms with Gasteiger partial charge in [-0.05, 0) is 41.8 Å². The van der Waals surface area contributed by atoms with E-state index in [2.05, 4.69) is 17.1 Å². The fraction of sp³-hybridized carbons (Fsp3) is 0.348. The number of carbonyl (C=O) groups is 1. The number of thioether (sulfide) groups is 1. The van der Waals surface area contributed by atoms with Gasteiger partial charge in [0, 0.05) is 19.8 Å². The molecule has 2 aromatic carbocycles. The minimum absolute atomic E-state index is 0.0436. The van der Waals surface area contributed by atoms with Crippen LogP contribution in [0.5, 0.6) is 0 Å². The van der Waals surface area contributed by atoms with Gasteiger partial charge in [-0.2, -0.15) is 5.10 Å². The van der Waals surface area contributed by atoms with Gasteiger partial charge in [-0.25, -0.2) is 4.39 Å². The third kappa shape index (κ3) is 5.69. The Labute approximate surface area is 181 Å². The van der Waals surface area contributed by atoms with E-state index >= 15 is 0 Å². The molecule has 0 radical (unpaired) electrons. The normalized spacial score (nSPS) is 18.0. The number of hydrogen-bond donors (Lipinski definition) is 0. The number of benzene rings is 2. The fourth-order valence-corrected chi connectivity index (χ4v) is 4.22. The standard InChI is InChI=1S/C23H27FN4OS/c1-4-5-6-21-22(29)28(16-18-7-11-19(24)12-8-18)23(30-21)26-25-15-17-9-13-20(14-10-17)27(2)3/h7-15,21H,4-6,16H2,1-3H3. The second-order valence-corrected chi connectivity index (χ2v) is 8.58. The average Bonchev–Trinajstić information content (AvgIpc) is 3.03. The highest BCUT2D eigenvalue weighted by molar-refractivity contribution is 8.15. The van der Waals surface area contributed by atoms with Crippen LogP contribution in [0.25, 0.3) is 0 Å². The van der Waals surface area contributed by atoms with Gasteiger partial charge in [-0.3, -0.25) is 9.69 Å².